The van der Waals surface area contributed by atoms with Crippen LogP contribution in [-0.2, 0) is 20.0 Å². The lowest BCUT2D eigenvalue weighted by molar-refractivity contribution is 0.283. The van der Waals surface area contributed by atoms with Crippen molar-refractivity contribution in [3.05, 3.63) is 47.8 Å². The molecule has 0 radical (unpaired) electrons. The first kappa shape index (κ1) is 14.1. The number of para-hydroxylation sites is 1. The summed E-state index contributed by atoms with van der Waals surface area (Å²) in [4.78, 5) is 4.85. The molecule has 1 aliphatic heterocycles. The first-order chi connectivity index (χ1) is 10.1. The summed E-state index contributed by atoms with van der Waals surface area (Å²) in [6, 6.07) is 9.41. The van der Waals surface area contributed by atoms with Crippen LogP contribution in [0, 0.1) is 0 Å². The molecule has 1 aromatic heterocycles. The number of benzene rings is 1. The first-order valence-corrected chi connectivity index (χ1v) is 7.60. The van der Waals surface area contributed by atoms with Crippen molar-refractivity contribution in [2.45, 2.75) is 25.4 Å². The van der Waals surface area contributed by atoms with E-state index < -0.39 is 0 Å². The minimum absolute atomic E-state index is 0.592. The summed E-state index contributed by atoms with van der Waals surface area (Å²) in [6.45, 7) is 1.99. The van der Waals surface area contributed by atoms with E-state index in [0.717, 1.165) is 19.5 Å². The maximum absolute atomic E-state index is 4.30. The molecular weight excluding hydrogens is 260 g/mol. The van der Waals surface area contributed by atoms with Gasteiger partial charge in [0.2, 0.25) is 0 Å². The van der Waals surface area contributed by atoms with Gasteiger partial charge in [-0.3, -0.25) is 4.68 Å². The Morgan fingerprint density at radius 1 is 1.29 bits per heavy atom. The average Bonchev–Trinajstić information content (AvgIpc) is 2.78. The predicted octanol–water partition coefficient (Wildman–Crippen LogP) is 2.30. The number of rotatable bonds is 3. The summed E-state index contributed by atoms with van der Waals surface area (Å²) >= 11 is 0. The van der Waals surface area contributed by atoms with Crippen LogP contribution in [-0.4, -0.2) is 41.4 Å². The van der Waals surface area contributed by atoms with Gasteiger partial charge < -0.3 is 9.80 Å². The Balaban J connectivity index is 1.89. The molecule has 3 rings (SSSR count). The summed E-state index contributed by atoms with van der Waals surface area (Å²) < 4.78 is 1.88. The van der Waals surface area contributed by atoms with Crippen LogP contribution in [0.1, 0.15) is 17.5 Å². The highest BCUT2D eigenvalue weighted by molar-refractivity contribution is 5.55. The van der Waals surface area contributed by atoms with Crippen LogP contribution in [0.25, 0.3) is 0 Å². The molecule has 0 bridgehead atoms. The summed E-state index contributed by atoms with van der Waals surface area (Å²) in [5.41, 5.74) is 4.11. The molecule has 2 aromatic rings. The highest BCUT2D eigenvalue weighted by atomic mass is 15.3. The normalized spacial score (nSPS) is 18.7. The fraction of sp³-hybridized carbons (Fsp3) is 0.471. The number of fused-ring (bicyclic) bond motifs is 1. The van der Waals surface area contributed by atoms with E-state index in [-0.39, 0.29) is 0 Å². The second-order valence-corrected chi connectivity index (χ2v) is 6.19. The van der Waals surface area contributed by atoms with Crippen molar-refractivity contribution in [1.29, 1.82) is 0 Å². The summed E-state index contributed by atoms with van der Waals surface area (Å²) in [6.07, 6.45) is 6.45. The zero-order valence-corrected chi connectivity index (χ0v) is 13.2. The van der Waals surface area contributed by atoms with E-state index in [1.54, 1.807) is 0 Å². The highest BCUT2D eigenvalue weighted by Crippen LogP contribution is 2.28. The Labute approximate surface area is 127 Å². The SMILES string of the molecule is CN(C)C1CCc2ccccc2N(Cc2cnn(C)c2)C1. The van der Waals surface area contributed by atoms with Crippen LogP contribution in [0.5, 0.6) is 0 Å². The third kappa shape index (κ3) is 3.10. The molecule has 0 amide bonds. The second kappa shape index (κ2) is 5.90. The van der Waals surface area contributed by atoms with E-state index in [0.29, 0.717) is 6.04 Å². The Morgan fingerprint density at radius 2 is 2.10 bits per heavy atom. The van der Waals surface area contributed by atoms with Crippen LogP contribution in [0.15, 0.2) is 36.7 Å². The minimum Gasteiger partial charge on any atom is -0.365 e. The van der Waals surface area contributed by atoms with E-state index >= 15 is 0 Å². The van der Waals surface area contributed by atoms with Gasteiger partial charge in [0.25, 0.3) is 0 Å². The monoisotopic (exact) mass is 284 g/mol. The molecule has 1 unspecified atom stereocenters. The van der Waals surface area contributed by atoms with Gasteiger partial charge in [0.05, 0.1) is 6.20 Å². The quantitative estimate of drug-likeness (QED) is 0.864. The maximum atomic E-state index is 4.30. The highest BCUT2D eigenvalue weighted by Gasteiger charge is 2.23. The zero-order valence-electron chi connectivity index (χ0n) is 13.2. The van der Waals surface area contributed by atoms with Crippen molar-refractivity contribution in [1.82, 2.24) is 14.7 Å². The number of hydrogen-bond donors (Lipinski definition) is 0. The van der Waals surface area contributed by atoms with Crippen molar-refractivity contribution in [3.63, 3.8) is 0 Å². The molecule has 1 aliphatic rings. The molecular formula is C17H24N4. The first-order valence-electron chi connectivity index (χ1n) is 7.60. The molecule has 1 aromatic carbocycles. The number of aromatic nitrogens is 2. The van der Waals surface area contributed by atoms with E-state index in [2.05, 4.69) is 59.5 Å². The molecule has 0 saturated carbocycles. The average molecular weight is 284 g/mol. The largest absolute Gasteiger partial charge is 0.365 e. The van der Waals surface area contributed by atoms with Crippen molar-refractivity contribution < 1.29 is 0 Å². The van der Waals surface area contributed by atoms with Crippen LogP contribution >= 0.6 is 0 Å². The number of anilines is 1. The van der Waals surface area contributed by atoms with Gasteiger partial charge in [-0.2, -0.15) is 5.10 Å². The van der Waals surface area contributed by atoms with Gasteiger partial charge >= 0.3 is 0 Å². The third-order valence-corrected chi connectivity index (χ3v) is 4.37. The summed E-state index contributed by atoms with van der Waals surface area (Å²) in [5, 5.41) is 4.30. The van der Waals surface area contributed by atoms with Gasteiger partial charge in [0.1, 0.15) is 0 Å². The molecule has 0 saturated heterocycles. The molecule has 2 heterocycles. The lowest BCUT2D eigenvalue weighted by Crippen LogP contribution is -2.39. The van der Waals surface area contributed by atoms with Crippen molar-refractivity contribution in [2.75, 3.05) is 25.5 Å². The molecule has 4 heteroatoms. The Kier molecular flexibility index (Phi) is 3.97. The molecule has 4 nitrogen and oxygen atoms in total. The number of aryl methyl sites for hydroxylation is 2. The maximum Gasteiger partial charge on any atom is 0.0539 e. The van der Waals surface area contributed by atoms with Gasteiger partial charge in [-0.25, -0.2) is 0 Å². The standard InChI is InChI=1S/C17H24N4/c1-19(2)16-9-8-15-6-4-5-7-17(15)21(13-16)12-14-10-18-20(3)11-14/h4-7,10-11,16H,8-9,12-13H2,1-3H3. The summed E-state index contributed by atoms with van der Waals surface area (Å²) in [5.74, 6) is 0. The topological polar surface area (TPSA) is 24.3 Å². The van der Waals surface area contributed by atoms with Crippen LogP contribution < -0.4 is 4.90 Å². The lowest BCUT2D eigenvalue weighted by atomic mass is 10.1. The lowest BCUT2D eigenvalue weighted by Gasteiger charge is -2.30. The van der Waals surface area contributed by atoms with Gasteiger partial charge in [-0.15, -0.1) is 0 Å². The van der Waals surface area contributed by atoms with Crippen LogP contribution in [0.2, 0.25) is 0 Å². The third-order valence-electron chi connectivity index (χ3n) is 4.37. The van der Waals surface area contributed by atoms with Gasteiger partial charge in [0.15, 0.2) is 0 Å². The number of hydrogen-bond acceptors (Lipinski definition) is 3. The Bertz CT molecular complexity index is 602. The fourth-order valence-electron chi connectivity index (χ4n) is 3.14. The van der Waals surface area contributed by atoms with E-state index in [1.165, 1.54) is 23.2 Å². The second-order valence-electron chi connectivity index (χ2n) is 6.19. The van der Waals surface area contributed by atoms with E-state index in [4.69, 9.17) is 0 Å². The van der Waals surface area contributed by atoms with E-state index in [1.807, 2.05) is 17.9 Å². The summed E-state index contributed by atoms with van der Waals surface area (Å²) in [7, 11) is 6.34. The molecule has 112 valence electrons. The van der Waals surface area contributed by atoms with Crippen LogP contribution in [0.4, 0.5) is 5.69 Å². The van der Waals surface area contributed by atoms with Crippen molar-refractivity contribution in [2.24, 2.45) is 7.05 Å². The Hall–Kier alpha value is -1.81. The number of nitrogens with zero attached hydrogens (tertiary/aromatic N) is 4. The van der Waals surface area contributed by atoms with Crippen LogP contribution in [0.3, 0.4) is 0 Å². The molecule has 0 spiro atoms. The predicted molar refractivity (Wildman–Crippen MR) is 86.5 cm³/mol. The molecule has 21 heavy (non-hydrogen) atoms. The smallest absolute Gasteiger partial charge is 0.0539 e. The van der Waals surface area contributed by atoms with Gasteiger partial charge in [-0.1, -0.05) is 18.2 Å². The number of likely N-dealkylation sites (N-methyl/N-ethyl adjacent to an activating group) is 1. The zero-order chi connectivity index (χ0) is 14.8. The fourth-order valence-corrected chi connectivity index (χ4v) is 3.14. The van der Waals surface area contributed by atoms with E-state index in [9.17, 15) is 0 Å². The molecule has 1 atom stereocenters. The van der Waals surface area contributed by atoms with Gasteiger partial charge in [0, 0.05) is 43.6 Å². The Morgan fingerprint density at radius 3 is 2.81 bits per heavy atom. The minimum atomic E-state index is 0.592. The van der Waals surface area contributed by atoms with Gasteiger partial charge in [-0.05, 0) is 38.6 Å². The molecule has 0 aliphatic carbocycles. The molecule has 0 fully saturated rings. The van der Waals surface area contributed by atoms with Crippen molar-refractivity contribution in [3.8, 4) is 0 Å². The van der Waals surface area contributed by atoms with Crippen molar-refractivity contribution >= 4 is 5.69 Å². The molecule has 0 N–H and O–H groups in total.